The minimum atomic E-state index is -3.74. The Morgan fingerprint density at radius 2 is 2.11 bits per heavy atom. The number of aromatic nitrogens is 1. The summed E-state index contributed by atoms with van der Waals surface area (Å²) < 4.78 is 31.7. The standard InChI is InChI=1S/C12H13N3O3S/c1-18-10-4-5-12(11(13)7-10)19(16,17)15-9-3-2-6-14-8-9/h2-8,15H,13H2,1H3. The molecule has 7 heteroatoms. The molecule has 0 saturated carbocycles. The highest BCUT2D eigenvalue weighted by Gasteiger charge is 2.18. The maximum absolute atomic E-state index is 12.2. The lowest BCUT2D eigenvalue weighted by Gasteiger charge is -2.10. The zero-order valence-corrected chi connectivity index (χ0v) is 11.0. The van der Waals surface area contributed by atoms with Crippen LogP contribution in [-0.2, 0) is 10.0 Å². The van der Waals surface area contributed by atoms with Gasteiger partial charge in [-0.3, -0.25) is 9.71 Å². The molecule has 0 spiro atoms. The van der Waals surface area contributed by atoms with Crippen molar-refractivity contribution in [3.05, 3.63) is 42.7 Å². The van der Waals surface area contributed by atoms with Crippen molar-refractivity contribution in [3.63, 3.8) is 0 Å². The number of hydrogen-bond donors (Lipinski definition) is 2. The molecule has 0 amide bonds. The van der Waals surface area contributed by atoms with E-state index in [1.165, 1.54) is 31.5 Å². The van der Waals surface area contributed by atoms with E-state index in [0.717, 1.165) is 0 Å². The first-order valence-electron chi connectivity index (χ1n) is 5.39. The summed E-state index contributed by atoms with van der Waals surface area (Å²) in [7, 11) is -2.26. The van der Waals surface area contributed by atoms with Gasteiger partial charge in [0, 0.05) is 12.3 Å². The molecule has 0 bridgehead atoms. The predicted octanol–water partition coefficient (Wildman–Crippen LogP) is 1.47. The predicted molar refractivity (Wildman–Crippen MR) is 72.5 cm³/mol. The molecule has 1 heterocycles. The zero-order chi connectivity index (χ0) is 13.9. The molecular formula is C12H13N3O3S. The van der Waals surface area contributed by atoms with Crippen molar-refractivity contribution >= 4 is 21.4 Å². The average Bonchev–Trinajstić information content (AvgIpc) is 2.38. The largest absolute Gasteiger partial charge is 0.497 e. The number of pyridine rings is 1. The molecule has 6 nitrogen and oxygen atoms in total. The van der Waals surface area contributed by atoms with Gasteiger partial charge in [-0.2, -0.15) is 0 Å². The van der Waals surface area contributed by atoms with Crippen molar-refractivity contribution in [1.82, 2.24) is 4.98 Å². The molecule has 0 atom stereocenters. The van der Waals surface area contributed by atoms with Crippen LogP contribution < -0.4 is 15.2 Å². The molecule has 0 aliphatic rings. The molecule has 0 radical (unpaired) electrons. The minimum absolute atomic E-state index is 0.00264. The van der Waals surface area contributed by atoms with E-state index in [1.54, 1.807) is 18.3 Å². The van der Waals surface area contributed by atoms with Crippen LogP contribution in [0.15, 0.2) is 47.6 Å². The third kappa shape index (κ3) is 2.94. The van der Waals surface area contributed by atoms with E-state index in [2.05, 4.69) is 9.71 Å². The van der Waals surface area contributed by atoms with E-state index in [9.17, 15) is 8.42 Å². The summed E-state index contributed by atoms with van der Waals surface area (Å²) in [6.07, 6.45) is 2.97. The summed E-state index contributed by atoms with van der Waals surface area (Å²) in [5.41, 5.74) is 6.22. The van der Waals surface area contributed by atoms with Crippen molar-refractivity contribution in [2.75, 3.05) is 17.6 Å². The van der Waals surface area contributed by atoms with Crippen molar-refractivity contribution < 1.29 is 13.2 Å². The van der Waals surface area contributed by atoms with Crippen LogP contribution in [0.3, 0.4) is 0 Å². The average molecular weight is 279 g/mol. The van der Waals surface area contributed by atoms with Gasteiger partial charge in [0.1, 0.15) is 10.6 Å². The van der Waals surface area contributed by atoms with Gasteiger partial charge < -0.3 is 10.5 Å². The molecule has 0 unspecified atom stereocenters. The highest BCUT2D eigenvalue weighted by Crippen LogP contribution is 2.25. The zero-order valence-electron chi connectivity index (χ0n) is 10.2. The molecular weight excluding hydrogens is 266 g/mol. The molecule has 0 fully saturated rings. The van der Waals surface area contributed by atoms with Gasteiger partial charge in [0.05, 0.1) is 24.7 Å². The Labute approximate surface area is 111 Å². The van der Waals surface area contributed by atoms with E-state index in [-0.39, 0.29) is 10.6 Å². The molecule has 100 valence electrons. The van der Waals surface area contributed by atoms with Gasteiger partial charge in [-0.15, -0.1) is 0 Å². The second kappa shape index (κ2) is 5.15. The summed E-state index contributed by atoms with van der Waals surface area (Å²) in [5.74, 6) is 0.498. The smallest absolute Gasteiger partial charge is 0.263 e. The molecule has 19 heavy (non-hydrogen) atoms. The maximum Gasteiger partial charge on any atom is 0.263 e. The van der Waals surface area contributed by atoms with E-state index in [1.807, 2.05) is 0 Å². The van der Waals surface area contributed by atoms with Gasteiger partial charge >= 0.3 is 0 Å². The van der Waals surface area contributed by atoms with Crippen LogP contribution in [0, 0.1) is 0 Å². The van der Waals surface area contributed by atoms with E-state index in [0.29, 0.717) is 11.4 Å². The van der Waals surface area contributed by atoms with Crippen molar-refractivity contribution in [1.29, 1.82) is 0 Å². The SMILES string of the molecule is COc1ccc(S(=O)(=O)Nc2cccnc2)c(N)c1. The van der Waals surface area contributed by atoms with Gasteiger partial charge in [0.2, 0.25) is 0 Å². The lowest BCUT2D eigenvalue weighted by atomic mass is 10.3. The van der Waals surface area contributed by atoms with E-state index in [4.69, 9.17) is 10.5 Å². The van der Waals surface area contributed by atoms with E-state index < -0.39 is 10.0 Å². The molecule has 2 aromatic rings. The summed E-state index contributed by atoms with van der Waals surface area (Å²) in [6, 6.07) is 7.62. The fraction of sp³-hybridized carbons (Fsp3) is 0.0833. The number of nitrogens with one attached hydrogen (secondary N) is 1. The first-order valence-corrected chi connectivity index (χ1v) is 6.87. The lowest BCUT2D eigenvalue weighted by Crippen LogP contribution is -2.14. The van der Waals surface area contributed by atoms with Crippen molar-refractivity contribution in [2.45, 2.75) is 4.90 Å². The van der Waals surface area contributed by atoms with Gasteiger partial charge in [0.25, 0.3) is 10.0 Å². The number of nitrogen functional groups attached to an aromatic ring is 1. The quantitative estimate of drug-likeness (QED) is 0.826. The normalized spacial score (nSPS) is 11.0. The molecule has 1 aromatic heterocycles. The Hall–Kier alpha value is -2.28. The van der Waals surface area contributed by atoms with Crippen LogP contribution >= 0.6 is 0 Å². The van der Waals surface area contributed by atoms with Gasteiger partial charge in [-0.05, 0) is 24.3 Å². The van der Waals surface area contributed by atoms with Gasteiger partial charge in [0.15, 0.2) is 0 Å². The number of sulfonamides is 1. The number of hydrogen-bond acceptors (Lipinski definition) is 5. The van der Waals surface area contributed by atoms with Crippen LogP contribution in [0.1, 0.15) is 0 Å². The molecule has 2 rings (SSSR count). The number of rotatable bonds is 4. The fourth-order valence-electron chi connectivity index (χ4n) is 1.53. The van der Waals surface area contributed by atoms with Crippen LogP contribution in [-0.4, -0.2) is 20.5 Å². The molecule has 0 saturated heterocycles. The monoisotopic (exact) mass is 279 g/mol. The van der Waals surface area contributed by atoms with Crippen LogP contribution in [0.25, 0.3) is 0 Å². The number of methoxy groups -OCH3 is 1. The number of benzene rings is 1. The first-order chi connectivity index (χ1) is 9.03. The molecule has 1 aromatic carbocycles. The second-order valence-corrected chi connectivity index (χ2v) is 5.40. The third-order valence-corrected chi connectivity index (χ3v) is 3.88. The van der Waals surface area contributed by atoms with E-state index >= 15 is 0 Å². The summed E-state index contributed by atoms with van der Waals surface area (Å²) in [5, 5.41) is 0. The number of nitrogens with two attached hydrogens (primary N) is 1. The summed E-state index contributed by atoms with van der Waals surface area (Å²) in [6.45, 7) is 0. The Morgan fingerprint density at radius 3 is 2.68 bits per heavy atom. The first kappa shape index (κ1) is 13.2. The Balaban J connectivity index is 2.35. The third-order valence-electron chi connectivity index (χ3n) is 2.42. The minimum Gasteiger partial charge on any atom is -0.497 e. The molecule has 3 N–H and O–H groups in total. The number of ether oxygens (including phenoxy) is 1. The van der Waals surface area contributed by atoms with Gasteiger partial charge in [-0.1, -0.05) is 0 Å². The van der Waals surface area contributed by atoms with Crippen LogP contribution in [0.2, 0.25) is 0 Å². The Kier molecular flexibility index (Phi) is 3.57. The topological polar surface area (TPSA) is 94.3 Å². The lowest BCUT2D eigenvalue weighted by molar-refractivity contribution is 0.414. The number of anilines is 2. The fourth-order valence-corrected chi connectivity index (χ4v) is 2.69. The highest BCUT2D eigenvalue weighted by atomic mass is 32.2. The maximum atomic E-state index is 12.2. The Morgan fingerprint density at radius 1 is 1.32 bits per heavy atom. The second-order valence-electron chi connectivity index (χ2n) is 3.75. The summed E-state index contributed by atoms with van der Waals surface area (Å²) >= 11 is 0. The van der Waals surface area contributed by atoms with Crippen LogP contribution in [0.4, 0.5) is 11.4 Å². The van der Waals surface area contributed by atoms with Crippen molar-refractivity contribution in [2.24, 2.45) is 0 Å². The van der Waals surface area contributed by atoms with Crippen LogP contribution in [0.5, 0.6) is 5.75 Å². The van der Waals surface area contributed by atoms with Crippen molar-refractivity contribution in [3.8, 4) is 5.75 Å². The highest BCUT2D eigenvalue weighted by molar-refractivity contribution is 7.92. The molecule has 0 aliphatic carbocycles. The number of nitrogens with zero attached hydrogens (tertiary/aromatic N) is 1. The van der Waals surface area contributed by atoms with Gasteiger partial charge in [-0.25, -0.2) is 8.42 Å². The molecule has 0 aliphatic heterocycles. The Bertz CT molecular complexity index is 672. The summed E-state index contributed by atoms with van der Waals surface area (Å²) in [4.78, 5) is 3.83.